The largest absolute Gasteiger partial charge is 0.507 e. The van der Waals surface area contributed by atoms with Crippen LogP contribution in [0, 0.1) is 6.92 Å². The maximum absolute atomic E-state index is 13.4. The fourth-order valence-electron chi connectivity index (χ4n) is 3.70. The number of hydrogen-bond donors (Lipinski definition) is 3. The maximum atomic E-state index is 13.4. The highest BCUT2D eigenvalue weighted by atomic mass is 19.4. The SMILES string of the molecule is Cc1ccc(C(O)=C2C(=O)C(=O)N(CC(O)CO)C2c2cc(C(F)(F)F)cc(C(F)(F)F)c2)cc1. The number of aryl methyl sites for hydroxylation is 1. The highest BCUT2D eigenvalue weighted by Crippen LogP contribution is 2.43. The molecule has 1 heterocycles. The molecule has 0 bridgehead atoms. The number of hydrogen-bond acceptors (Lipinski definition) is 5. The van der Waals surface area contributed by atoms with Gasteiger partial charge >= 0.3 is 12.4 Å². The molecule has 188 valence electrons. The molecule has 1 fully saturated rings. The van der Waals surface area contributed by atoms with Crippen molar-refractivity contribution in [1.82, 2.24) is 4.90 Å². The number of aliphatic hydroxyl groups is 3. The summed E-state index contributed by atoms with van der Waals surface area (Å²) in [5, 5.41) is 29.8. The molecule has 1 saturated heterocycles. The van der Waals surface area contributed by atoms with Gasteiger partial charge in [0.15, 0.2) is 0 Å². The Balaban J connectivity index is 2.33. The number of amides is 1. The first-order valence-corrected chi connectivity index (χ1v) is 10.1. The van der Waals surface area contributed by atoms with Crippen LogP contribution in [0.1, 0.15) is 33.9 Å². The predicted octanol–water partition coefficient (Wildman–Crippen LogP) is 3.81. The van der Waals surface area contributed by atoms with E-state index < -0.39 is 77.4 Å². The van der Waals surface area contributed by atoms with Gasteiger partial charge in [-0.3, -0.25) is 9.59 Å². The number of likely N-dealkylation sites (tertiary alicyclic amines) is 1. The van der Waals surface area contributed by atoms with E-state index in [1.165, 1.54) is 24.3 Å². The van der Waals surface area contributed by atoms with Crippen LogP contribution in [0.5, 0.6) is 0 Å². The van der Waals surface area contributed by atoms with Gasteiger partial charge < -0.3 is 20.2 Å². The van der Waals surface area contributed by atoms with Gasteiger partial charge in [0.1, 0.15) is 5.76 Å². The van der Waals surface area contributed by atoms with Crippen LogP contribution in [0.3, 0.4) is 0 Å². The molecule has 35 heavy (non-hydrogen) atoms. The zero-order valence-electron chi connectivity index (χ0n) is 18.0. The molecule has 3 N–H and O–H groups in total. The first kappa shape index (κ1) is 26.2. The second kappa shape index (κ2) is 9.34. The van der Waals surface area contributed by atoms with E-state index in [0.29, 0.717) is 17.0 Å². The lowest BCUT2D eigenvalue weighted by molar-refractivity contribution is -0.143. The number of alkyl halides is 6. The first-order chi connectivity index (χ1) is 16.1. The summed E-state index contributed by atoms with van der Waals surface area (Å²) in [6, 6.07) is 4.43. The Morgan fingerprint density at radius 2 is 1.49 bits per heavy atom. The smallest absolute Gasteiger partial charge is 0.416 e. The maximum Gasteiger partial charge on any atom is 0.416 e. The molecule has 1 aliphatic heterocycles. The number of β-amino-alcohol motifs (C(OH)–C–C–N with tert-alkyl or cyclic N) is 1. The molecular weight excluding hydrogens is 484 g/mol. The number of Topliss-reactive ketones (excluding diaryl/α,β-unsaturated/α-hetero) is 1. The van der Waals surface area contributed by atoms with Gasteiger partial charge in [0.25, 0.3) is 11.7 Å². The quantitative estimate of drug-likeness (QED) is 0.250. The highest BCUT2D eigenvalue weighted by molar-refractivity contribution is 6.46. The van der Waals surface area contributed by atoms with Gasteiger partial charge in [0.05, 0.1) is 42.0 Å². The number of ketones is 1. The van der Waals surface area contributed by atoms with Gasteiger partial charge in [-0.25, -0.2) is 0 Å². The molecule has 0 radical (unpaired) electrons. The molecule has 2 aromatic rings. The summed E-state index contributed by atoms with van der Waals surface area (Å²) >= 11 is 0. The second-order valence-electron chi connectivity index (χ2n) is 7.99. The Morgan fingerprint density at radius 3 is 1.94 bits per heavy atom. The molecule has 1 aliphatic rings. The normalized spacial score (nSPS) is 19.3. The molecule has 2 aromatic carbocycles. The minimum atomic E-state index is -5.21. The Morgan fingerprint density at radius 1 is 0.971 bits per heavy atom. The van der Waals surface area contributed by atoms with Crippen LogP contribution < -0.4 is 0 Å². The van der Waals surface area contributed by atoms with E-state index in [4.69, 9.17) is 5.11 Å². The number of nitrogens with zero attached hydrogens (tertiary/aromatic N) is 1. The Kier molecular flexibility index (Phi) is 7.00. The summed E-state index contributed by atoms with van der Waals surface area (Å²) in [6.45, 7) is -0.00156. The number of carbonyl (C=O) groups is 2. The van der Waals surface area contributed by atoms with Gasteiger partial charge in [0, 0.05) is 5.56 Å². The molecule has 0 aromatic heterocycles. The summed E-state index contributed by atoms with van der Waals surface area (Å²) in [5.74, 6) is -3.56. The van der Waals surface area contributed by atoms with Gasteiger partial charge in [-0.2, -0.15) is 26.3 Å². The van der Waals surface area contributed by atoms with E-state index in [1.807, 2.05) is 0 Å². The van der Waals surface area contributed by atoms with Gasteiger partial charge in [0.2, 0.25) is 0 Å². The zero-order valence-corrected chi connectivity index (χ0v) is 18.0. The summed E-state index contributed by atoms with van der Waals surface area (Å²) in [5.41, 5.74) is -4.15. The molecule has 1 amide bonds. The molecule has 0 saturated carbocycles. The van der Waals surface area contributed by atoms with E-state index in [-0.39, 0.29) is 11.6 Å². The monoisotopic (exact) mass is 503 g/mol. The summed E-state index contributed by atoms with van der Waals surface area (Å²) in [7, 11) is 0. The van der Waals surface area contributed by atoms with Gasteiger partial charge in [-0.05, 0) is 30.7 Å². The van der Waals surface area contributed by atoms with Crippen molar-refractivity contribution in [3.05, 3.63) is 75.9 Å². The van der Waals surface area contributed by atoms with Crippen molar-refractivity contribution in [2.75, 3.05) is 13.2 Å². The van der Waals surface area contributed by atoms with Crippen LogP contribution in [0.25, 0.3) is 5.76 Å². The molecule has 0 aliphatic carbocycles. The number of benzene rings is 2. The summed E-state index contributed by atoms with van der Waals surface area (Å²) in [6.07, 6.45) is -12.1. The summed E-state index contributed by atoms with van der Waals surface area (Å²) in [4.78, 5) is 26.0. The number of carbonyl (C=O) groups excluding carboxylic acids is 2. The van der Waals surface area contributed by atoms with E-state index >= 15 is 0 Å². The minimum absolute atomic E-state index is 0.00988. The van der Waals surface area contributed by atoms with Crippen molar-refractivity contribution < 1.29 is 51.3 Å². The van der Waals surface area contributed by atoms with E-state index in [9.17, 15) is 46.1 Å². The van der Waals surface area contributed by atoms with E-state index in [1.54, 1.807) is 6.92 Å². The van der Waals surface area contributed by atoms with E-state index in [2.05, 4.69) is 0 Å². The van der Waals surface area contributed by atoms with Crippen LogP contribution in [0.4, 0.5) is 26.3 Å². The predicted molar refractivity (Wildman–Crippen MR) is 110 cm³/mol. The molecular formula is C23H19F6NO5. The van der Waals surface area contributed by atoms with Crippen LogP contribution in [0.2, 0.25) is 0 Å². The fraction of sp³-hybridized carbons (Fsp3) is 0.304. The summed E-state index contributed by atoms with van der Waals surface area (Å²) < 4.78 is 80.7. The lowest BCUT2D eigenvalue weighted by Crippen LogP contribution is -2.38. The number of halogens is 6. The molecule has 3 rings (SSSR count). The van der Waals surface area contributed by atoms with Crippen molar-refractivity contribution in [3.63, 3.8) is 0 Å². The molecule has 2 unspecified atom stereocenters. The van der Waals surface area contributed by atoms with Crippen LogP contribution in [-0.2, 0) is 21.9 Å². The minimum Gasteiger partial charge on any atom is -0.507 e. The van der Waals surface area contributed by atoms with Crippen LogP contribution >= 0.6 is 0 Å². The average molecular weight is 503 g/mol. The third-order valence-corrected chi connectivity index (χ3v) is 5.41. The molecule has 12 heteroatoms. The van der Waals surface area contributed by atoms with Gasteiger partial charge in [-0.15, -0.1) is 0 Å². The second-order valence-corrected chi connectivity index (χ2v) is 7.99. The first-order valence-electron chi connectivity index (χ1n) is 10.1. The van der Waals surface area contributed by atoms with Crippen LogP contribution in [-0.4, -0.2) is 51.2 Å². The van der Waals surface area contributed by atoms with Crippen molar-refractivity contribution in [3.8, 4) is 0 Å². The van der Waals surface area contributed by atoms with Crippen molar-refractivity contribution in [1.29, 1.82) is 0 Å². The highest BCUT2D eigenvalue weighted by Gasteiger charge is 2.48. The van der Waals surface area contributed by atoms with Crippen molar-refractivity contribution >= 4 is 17.4 Å². The van der Waals surface area contributed by atoms with Crippen LogP contribution in [0.15, 0.2) is 48.0 Å². The third-order valence-electron chi connectivity index (χ3n) is 5.41. The topological polar surface area (TPSA) is 98.1 Å². The fourth-order valence-corrected chi connectivity index (χ4v) is 3.70. The third kappa shape index (κ3) is 5.33. The Labute approximate surface area is 194 Å². The standard InChI is InChI=1S/C23H19F6NO5/c1-11-2-4-12(5-3-11)19(33)17-18(30(9-16(32)10-31)21(35)20(17)34)13-6-14(22(24,25)26)8-15(7-13)23(27,28)29/h2-8,16,18,31-33H,9-10H2,1H3. The van der Waals surface area contributed by atoms with Crippen molar-refractivity contribution in [2.45, 2.75) is 31.4 Å². The molecule has 2 atom stereocenters. The van der Waals surface area contributed by atoms with Crippen molar-refractivity contribution in [2.24, 2.45) is 0 Å². The number of rotatable bonds is 5. The average Bonchev–Trinajstić information content (AvgIpc) is 3.02. The molecule has 6 nitrogen and oxygen atoms in total. The Bertz CT molecular complexity index is 1140. The number of aliphatic hydroxyl groups excluding tert-OH is 3. The zero-order chi connectivity index (χ0) is 26.3. The van der Waals surface area contributed by atoms with E-state index in [0.717, 1.165) is 5.56 Å². The lowest BCUT2D eigenvalue weighted by atomic mass is 9.92. The Hall–Kier alpha value is -3.38. The van der Waals surface area contributed by atoms with Gasteiger partial charge in [-0.1, -0.05) is 29.8 Å². The lowest BCUT2D eigenvalue weighted by Gasteiger charge is -2.28. The molecule has 0 spiro atoms.